The third-order valence-corrected chi connectivity index (χ3v) is 4.70. The zero-order valence-corrected chi connectivity index (χ0v) is 11.9. The fourth-order valence-corrected chi connectivity index (χ4v) is 3.22. The monoisotopic (exact) mass is 267 g/mol. The molecule has 0 aromatic heterocycles. The lowest BCUT2D eigenvalue weighted by Crippen LogP contribution is -2.36. The molecule has 2 rings (SSSR count). The molecule has 0 heterocycles. The van der Waals surface area contributed by atoms with Gasteiger partial charge in [0.05, 0.1) is 5.92 Å². The van der Waals surface area contributed by atoms with E-state index in [1.165, 1.54) is 6.42 Å². The Labute approximate surface area is 115 Å². The van der Waals surface area contributed by atoms with Crippen LogP contribution in [0.4, 0.5) is 0 Å². The van der Waals surface area contributed by atoms with Crippen molar-refractivity contribution in [1.82, 2.24) is 5.32 Å². The van der Waals surface area contributed by atoms with Crippen LogP contribution in [0.1, 0.15) is 52.4 Å². The molecule has 4 atom stereocenters. The number of carboxylic acid groups (broad SMARTS) is 1. The molecular formula is C15H25NO3. The van der Waals surface area contributed by atoms with Crippen molar-refractivity contribution in [3.63, 3.8) is 0 Å². The van der Waals surface area contributed by atoms with Gasteiger partial charge < -0.3 is 10.4 Å². The van der Waals surface area contributed by atoms with E-state index in [0.717, 1.165) is 37.5 Å². The normalized spacial score (nSPS) is 31.4. The molecule has 19 heavy (non-hydrogen) atoms. The summed E-state index contributed by atoms with van der Waals surface area (Å²) in [5, 5.41) is 11.9. The molecule has 1 amide bonds. The first-order valence-electron chi connectivity index (χ1n) is 7.50. The molecular weight excluding hydrogens is 242 g/mol. The number of carbonyl (C=O) groups excluding carboxylic acids is 1. The fourth-order valence-electron chi connectivity index (χ4n) is 3.22. The van der Waals surface area contributed by atoms with Crippen LogP contribution >= 0.6 is 0 Å². The minimum absolute atomic E-state index is 0.158. The lowest BCUT2D eigenvalue weighted by Gasteiger charge is -2.18. The molecule has 2 aliphatic carbocycles. The number of carboxylic acids is 1. The third-order valence-electron chi connectivity index (χ3n) is 4.70. The summed E-state index contributed by atoms with van der Waals surface area (Å²) in [5.74, 6) is 1.10. The standard InChI is InChI=1S/C15H25NO3/c1-9(15(18)19)4-3-5-10(2)16-14(17)13-7-11-6-12(11)8-13/h9-13H,3-8H2,1-2H3,(H,16,17)(H,18,19). The minimum Gasteiger partial charge on any atom is -0.481 e. The minimum atomic E-state index is -0.734. The number of amides is 1. The Morgan fingerprint density at radius 3 is 2.37 bits per heavy atom. The average molecular weight is 267 g/mol. The van der Waals surface area contributed by atoms with Crippen molar-refractivity contribution in [3.05, 3.63) is 0 Å². The van der Waals surface area contributed by atoms with Gasteiger partial charge in [0.25, 0.3) is 0 Å². The quantitative estimate of drug-likeness (QED) is 0.744. The lowest BCUT2D eigenvalue weighted by atomic mass is 10.00. The fraction of sp³-hybridized carbons (Fsp3) is 0.867. The van der Waals surface area contributed by atoms with Gasteiger partial charge in [0, 0.05) is 12.0 Å². The molecule has 0 saturated heterocycles. The first kappa shape index (κ1) is 14.4. The Hall–Kier alpha value is -1.06. The van der Waals surface area contributed by atoms with Gasteiger partial charge in [-0.15, -0.1) is 0 Å². The molecule has 4 heteroatoms. The second kappa shape index (κ2) is 5.93. The van der Waals surface area contributed by atoms with E-state index in [-0.39, 0.29) is 23.8 Å². The van der Waals surface area contributed by atoms with Crippen LogP contribution < -0.4 is 5.32 Å². The number of rotatable bonds is 7. The molecule has 4 nitrogen and oxygen atoms in total. The first-order valence-corrected chi connectivity index (χ1v) is 7.50. The van der Waals surface area contributed by atoms with Crippen molar-refractivity contribution in [2.24, 2.45) is 23.7 Å². The average Bonchev–Trinajstić information content (AvgIpc) is 2.95. The van der Waals surface area contributed by atoms with Crippen molar-refractivity contribution in [3.8, 4) is 0 Å². The summed E-state index contributed by atoms with van der Waals surface area (Å²) in [6.07, 6.45) is 5.90. The number of carbonyl (C=O) groups is 2. The highest BCUT2D eigenvalue weighted by Crippen LogP contribution is 2.54. The van der Waals surface area contributed by atoms with Crippen LogP contribution in [0.3, 0.4) is 0 Å². The van der Waals surface area contributed by atoms with E-state index < -0.39 is 5.97 Å². The van der Waals surface area contributed by atoms with E-state index in [4.69, 9.17) is 5.11 Å². The van der Waals surface area contributed by atoms with Crippen LogP contribution in [0.2, 0.25) is 0 Å². The zero-order valence-electron chi connectivity index (χ0n) is 11.9. The predicted molar refractivity (Wildman–Crippen MR) is 72.6 cm³/mol. The molecule has 0 bridgehead atoms. The van der Waals surface area contributed by atoms with Gasteiger partial charge in [-0.2, -0.15) is 0 Å². The lowest BCUT2D eigenvalue weighted by molar-refractivity contribution is -0.141. The van der Waals surface area contributed by atoms with Crippen LogP contribution in [0.15, 0.2) is 0 Å². The number of aliphatic carboxylic acids is 1. The van der Waals surface area contributed by atoms with Crippen molar-refractivity contribution in [2.45, 2.75) is 58.4 Å². The second-order valence-corrected chi connectivity index (χ2v) is 6.50. The number of hydrogen-bond donors (Lipinski definition) is 2. The van der Waals surface area contributed by atoms with E-state index >= 15 is 0 Å². The second-order valence-electron chi connectivity index (χ2n) is 6.50. The van der Waals surface area contributed by atoms with E-state index in [2.05, 4.69) is 5.32 Å². The van der Waals surface area contributed by atoms with Crippen LogP contribution in [-0.2, 0) is 9.59 Å². The van der Waals surface area contributed by atoms with Gasteiger partial charge in [-0.1, -0.05) is 13.3 Å². The number of fused-ring (bicyclic) bond motifs is 1. The van der Waals surface area contributed by atoms with Crippen LogP contribution in [0.25, 0.3) is 0 Å². The molecule has 2 saturated carbocycles. The van der Waals surface area contributed by atoms with Gasteiger partial charge in [-0.05, 0) is 50.9 Å². The maximum atomic E-state index is 12.0. The summed E-state index contributed by atoms with van der Waals surface area (Å²) in [4.78, 5) is 22.7. The largest absolute Gasteiger partial charge is 0.481 e. The molecule has 2 fully saturated rings. The molecule has 0 radical (unpaired) electrons. The molecule has 108 valence electrons. The van der Waals surface area contributed by atoms with E-state index in [0.29, 0.717) is 6.42 Å². The van der Waals surface area contributed by atoms with Gasteiger partial charge in [0.15, 0.2) is 0 Å². The van der Waals surface area contributed by atoms with E-state index in [9.17, 15) is 9.59 Å². The zero-order chi connectivity index (χ0) is 14.0. The summed E-state index contributed by atoms with van der Waals surface area (Å²) in [5.41, 5.74) is 0. The SMILES string of the molecule is CC(CCCC(C)C(=O)O)NC(=O)C1CC2CC2C1. The van der Waals surface area contributed by atoms with E-state index in [1.54, 1.807) is 6.92 Å². The Morgan fingerprint density at radius 1 is 1.16 bits per heavy atom. The Balaban J connectivity index is 1.59. The first-order chi connectivity index (χ1) is 8.97. The van der Waals surface area contributed by atoms with Crippen molar-refractivity contribution < 1.29 is 14.7 Å². The van der Waals surface area contributed by atoms with Crippen molar-refractivity contribution >= 4 is 11.9 Å². The van der Waals surface area contributed by atoms with Crippen molar-refractivity contribution in [1.29, 1.82) is 0 Å². The molecule has 0 aliphatic heterocycles. The van der Waals surface area contributed by atoms with Gasteiger partial charge in [0.1, 0.15) is 0 Å². The molecule has 0 spiro atoms. The molecule has 0 aromatic rings. The highest BCUT2D eigenvalue weighted by Gasteiger charge is 2.48. The molecule has 0 aromatic carbocycles. The third kappa shape index (κ3) is 3.95. The van der Waals surface area contributed by atoms with Crippen LogP contribution in [0.5, 0.6) is 0 Å². The Morgan fingerprint density at radius 2 is 1.79 bits per heavy atom. The molecule has 2 N–H and O–H groups in total. The highest BCUT2D eigenvalue weighted by atomic mass is 16.4. The van der Waals surface area contributed by atoms with E-state index in [1.807, 2.05) is 6.92 Å². The van der Waals surface area contributed by atoms with Crippen LogP contribution in [-0.4, -0.2) is 23.0 Å². The predicted octanol–water partition coefficient (Wildman–Crippen LogP) is 2.43. The van der Waals surface area contributed by atoms with Crippen LogP contribution in [0, 0.1) is 23.7 Å². The van der Waals surface area contributed by atoms with Crippen molar-refractivity contribution in [2.75, 3.05) is 0 Å². The maximum absolute atomic E-state index is 12.0. The highest BCUT2D eigenvalue weighted by molar-refractivity contribution is 5.79. The van der Waals surface area contributed by atoms with Gasteiger partial charge in [-0.25, -0.2) is 0 Å². The smallest absolute Gasteiger partial charge is 0.306 e. The van der Waals surface area contributed by atoms with Gasteiger partial charge >= 0.3 is 5.97 Å². The summed E-state index contributed by atoms with van der Waals surface area (Å²) in [7, 11) is 0. The summed E-state index contributed by atoms with van der Waals surface area (Å²) >= 11 is 0. The summed E-state index contributed by atoms with van der Waals surface area (Å²) in [6.45, 7) is 3.75. The Kier molecular flexibility index (Phi) is 4.48. The number of nitrogens with one attached hydrogen (secondary N) is 1. The summed E-state index contributed by atoms with van der Waals surface area (Å²) in [6, 6.07) is 0.158. The summed E-state index contributed by atoms with van der Waals surface area (Å²) < 4.78 is 0. The molecule has 2 aliphatic rings. The topological polar surface area (TPSA) is 66.4 Å². The molecule has 4 unspecified atom stereocenters. The maximum Gasteiger partial charge on any atom is 0.306 e. The number of hydrogen-bond acceptors (Lipinski definition) is 2. The van der Waals surface area contributed by atoms with Gasteiger partial charge in [0.2, 0.25) is 5.91 Å². The Bertz CT molecular complexity index is 345. The van der Waals surface area contributed by atoms with Gasteiger partial charge in [-0.3, -0.25) is 9.59 Å².